The summed E-state index contributed by atoms with van der Waals surface area (Å²) in [5.41, 5.74) is 12.7. The van der Waals surface area contributed by atoms with Crippen molar-refractivity contribution in [1.29, 1.82) is 0 Å². The van der Waals surface area contributed by atoms with Gasteiger partial charge in [-0.3, -0.25) is 0 Å². The van der Waals surface area contributed by atoms with Gasteiger partial charge in [0.25, 0.3) is 0 Å². The second kappa shape index (κ2) is 9.18. The van der Waals surface area contributed by atoms with Crippen LogP contribution in [0.3, 0.4) is 0 Å². The number of nitrogens with zero attached hydrogens (tertiary/aromatic N) is 2. The van der Waals surface area contributed by atoms with Crippen LogP contribution >= 0.6 is 0 Å². The molecule has 2 heteroatoms. The standard InChI is InChI=1S/C37H28N2/c1-37(2)31-18-10-9-16-29(31)35-30(17-11-19-32(35)37)34-24-33(27-14-7-4-8-15-27)38-36(39-34)28-22-20-26(21-23-28)25-12-5-3-6-13-25/h3-24H,1-2H3. The molecule has 0 saturated carbocycles. The summed E-state index contributed by atoms with van der Waals surface area (Å²) in [5, 5.41) is 0. The van der Waals surface area contributed by atoms with Gasteiger partial charge in [-0.25, -0.2) is 9.97 Å². The van der Waals surface area contributed by atoms with Crippen LogP contribution in [0.5, 0.6) is 0 Å². The quantitative estimate of drug-likeness (QED) is 0.241. The zero-order chi connectivity index (χ0) is 26.4. The van der Waals surface area contributed by atoms with Gasteiger partial charge in [0.05, 0.1) is 11.4 Å². The van der Waals surface area contributed by atoms with Gasteiger partial charge in [0.15, 0.2) is 5.82 Å². The molecule has 0 aliphatic heterocycles. The summed E-state index contributed by atoms with van der Waals surface area (Å²) in [7, 11) is 0. The zero-order valence-corrected chi connectivity index (χ0v) is 22.1. The molecule has 186 valence electrons. The van der Waals surface area contributed by atoms with Gasteiger partial charge in [-0.2, -0.15) is 0 Å². The molecule has 0 amide bonds. The highest BCUT2D eigenvalue weighted by atomic mass is 14.9. The number of hydrogen-bond donors (Lipinski definition) is 0. The van der Waals surface area contributed by atoms with Crippen LogP contribution in [0.2, 0.25) is 0 Å². The van der Waals surface area contributed by atoms with Crippen LogP contribution in [-0.2, 0) is 5.41 Å². The van der Waals surface area contributed by atoms with Gasteiger partial charge in [0, 0.05) is 22.1 Å². The van der Waals surface area contributed by atoms with E-state index in [4.69, 9.17) is 9.97 Å². The van der Waals surface area contributed by atoms with Crippen molar-refractivity contribution >= 4 is 0 Å². The zero-order valence-electron chi connectivity index (χ0n) is 22.1. The Morgan fingerprint density at radius 2 is 0.974 bits per heavy atom. The van der Waals surface area contributed by atoms with E-state index in [0.717, 1.165) is 33.9 Å². The van der Waals surface area contributed by atoms with E-state index in [1.165, 1.54) is 33.4 Å². The Labute approximate surface area is 229 Å². The Kier molecular flexibility index (Phi) is 5.49. The first kappa shape index (κ1) is 23.3. The average Bonchev–Trinajstić information content (AvgIpc) is 3.24. The van der Waals surface area contributed by atoms with Gasteiger partial charge >= 0.3 is 0 Å². The van der Waals surface area contributed by atoms with Gasteiger partial charge in [-0.1, -0.05) is 141 Å². The van der Waals surface area contributed by atoms with E-state index in [-0.39, 0.29) is 5.41 Å². The minimum absolute atomic E-state index is 0.0622. The van der Waals surface area contributed by atoms with E-state index in [1.54, 1.807) is 0 Å². The lowest BCUT2D eigenvalue weighted by atomic mass is 9.82. The molecule has 0 bridgehead atoms. The topological polar surface area (TPSA) is 25.8 Å². The molecule has 0 N–H and O–H groups in total. The highest BCUT2D eigenvalue weighted by Gasteiger charge is 2.36. The monoisotopic (exact) mass is 500 g/mol. The van der Waals surface area contributed by atoms with Gasteiger partial charge in [-0.05, 0) is 39.4 Å². The predicted molar refractivity (Wildman–Crippen MR) is 161 cm³/mol. The van der Waals surface area contributed by atoms with Crippen molar-refractivity contribution in [2.75, 3.05) is 0 Å². The summed E-state index contributed by atoms with van der Waals surface area (Å²) >= 11 is 0. The van der Waals surface area contributed by atoms with Crippen LogP contribution in [0.15, 0.2) is 133 Å². The maximum atomic E-state index is 5.19. The Bertz CT molecular complexity index is 1800. The fourth-order valence-electron chi connectivity index (χ4n) is 5.88. The summed E-state index contributed by atoms with van der Waals surface area (Å²) in [5.74, 6) is 0.731. The molecule has 2 nitrogen and oxygen atoms in total. The lowest BCUT2D eigenvalue weighted by Crippen LogP contribution is -2.14. The maximum Gasteiger partial charge on any atom is 0.160 e. The lowest BCUT2D eigenvalue weighted by molar-refractivity contribution is 0.660. The minimum Gasteiger partial charge on any atom is -0.228 e. The SMILES string of the molecule is CC1(C)c2ccccc2-c2c(-c3cc(-c4ccccc4)nc(-c4ccc(-c5ccccc5)cc4)n3)cccc21. The number of aromatic nitrogens is 2. The second-order valence-corrected chi connectivity index (χ2v) is 10.7. The Morgan fingerprint density at radius 3 is 1.72 bits per heavy atom. The van der Waals surface area contributed by atoms with E-state index in [2.05, 4.69) is 135 Å². The molecule has 6 aromatic rings. The van der Waals surface area contributed by atoms with Crippen LogP contribution in [-0.4, -0.2) is 9.97 Å². The Balaban J connectivity index is 1.42. The molecule has 0 saturated heterocycles. The third kappa shape index (κ3) is 3.97. The third-order valence-electron chi connectivity index (χ3n) is 7.93. The molecule has 0 radical (unpaired) electrons. The molecular formula is C37H28N2. The van der Waals surface area contributed by atoms with Crippen LogP contribution in [0, 0.1) is 0 Å². The summed E-state index contributed by atoms with van der Waals surface area (Å²) in [6.07, 6.45) is 0. The first-order chi connectivity index (χ1) is 19.1. The maximum absolute atomic E-state index is 5.19. The molecule has 39 heavy (non-hydrogen) atoms. The number of hydrogen-bond acceptors (Lipinski definition) is 2. The van der Waals surface area contributed by atoms with Crippen molar-refractivity contribution in [3.63, 3.8) is 0 Å². The largest absolute Gasteiger partial charge is 0.228 e. The van der Waals surface area contributed by atoms with Crippen molar-refractivity contribution in [2.24, 2.45) is 0 Å². The average molecular weight is 501 g/mol. The highest BCUT2D eigenvalue weighted by molar-refractivity contribution is 5.92. The predicted octanol–water partition coefficient (Wildman–Crippen LogP) is 9.45. The van der Waals surface area contributed by atoms with Gasteiger partial charge in [0.2, 0.25) is 0 Å². The van der Waals surface area contributed by atoms with Crippen LogP contribution < -0.4 is 0 Å². The van der Waals surface area contributed by atoms with Crippen LogP contribution in [0.4, 0.5) is 0 Å². The first-order valence-corrected chi connectivity index (χ1v) is 13.4. The third-order valence-corrected chi connectivity index (χ3v) is 7.93. The first-order valence-electron chi connectivity index (χ1n) is 13.4. The molecule has 1 aliphatic rings. The van der Waals surface area contributed by atoms with Crippen molar-refractivity contribution in [3.05, 3.63) is 145 Å². The van der Waals surface area contributed by atoms with Crippen LogP contribution in [0.1, 0.15) is 25.0 Å². The normalized spacial score (nSPS) is 13.1. The fourth-order valence-corrected chi connectivity index (χ4v) is 5.88. The van der Waals surface area contributed by atoms with Crippen molar-refractivity contribution in [2.45, 2.75) is 19.3 Å². The van der Waals surface area contributed by atoms with E-state index >= 15 is 0 Å². The summed E-state index contributed by atoms with van der Waals surface area (Å²) in [4.78, 5) is 10.2. The summed E-state index contributed by atoms with van der Waals surface area (Å²) < 4.78 is 0. The smallest absolute Gasteiger partial charge is 0.160 e. The molecule has 0 fully saturated rings. The number of fused-ring (bicyclic) bond motifs is 3. The van der Waals surface area contributed by atoms with Crippen molar-refractivity contribution in [1.82, 2.24) is 9.97 Å². The summed E-state index contributed by atoms with van der Waals surface area (Å²) in [6.45, 7) is 4.63. The second-order valence-electron chi connectivity index (χ2n) is 10.7. The van der Waals surface area contributed by atoms with E-state index in [0.29, 0.717) is 0 Å². The van der Waals surface area contributed by atoms with Gasteiger partial charge in [0.1, 0.15) is 0 Å². The molecule has 0 atom stereocenters. The van der Waals surface area contributed by atoms with E-state index < -0.39 is 0 Å². The van der Waals surface area contributed by atoms with Crippen molar-refractivity contribution in [3.8, 4) is 56.2 Å². The molecule has 1 aliphatic carbocycles. The number of benzene rings is 5. The van der Waals surface area contributed by atoms with Gasteiger partial charge < -0.3 is 0 Å². The lowest BCUT2D eigenvalue weighted by Gasteiger charge is -2.21. The highest BCUT2D eigenvalue weighted by Crippen LogP contribution is 2.51. The molecule has 7 rings (SSSR count). The Morgan fingerprint density at radius 1 is 0.436 bits per heavy atom. The molecular weight excluding hydrogens is 472 g/mol. The molecule has 5 aromatic carbocycles. The molecule has 0 spiro atoms. The van der Waals surface area contributed by atoms with E-state index in [9.17, 15) is 0 Å². The fraction of sp³-hybridized carbons (Fsp3) is 0.0811. The number of rotatable bonds is 4. The van der Waals surface area contributed by atoms with Crippen molar-refractivity contribution < 1.29 is 0 Å². The molecule has 0 unspecified atom stereocenters. The van der Waals surface area contributed by atoms with E-state index in [1.807, 2.05) is 12.1 Å². The Hall–Kier alpha value is -4.82. The van der Waals surface area contributed by atoms with Crippen LogP contribution in [0.25, 0.3) is 56.2 Å². The van der Waals surface area contributed by atoms with Gasteiger partial charge in [-0.15, -0.1) is 0 Å². The minimum atomic E-state index is -0.0622. The molecule has 1 heterocycles. The summed E-state index contributed by atoms with van der Waals surface area (Å²) in [6, 6.07) is 47.0. The molecule has 1 aromatic heterocycles.